The number of nitrogens with two attached hydrogens (primary N) is 1. The van der Waals surface area contributed by atoms with Gasteiger partial charge in [-0.1, -0.05) is 18.2 Å². The molecule has 150 valence electrons. The Kier molecular flexibility index (Phi) is 7.69. The Bertz CT molecular complexity index is 939. The fraction of sp³-hybridized carbons (Fsp3) is 0.300. The number of aromatic nitrogens is 2. The van der Waals surface area contributed by atoms with Crippen LogP contribution in [0.4, 0.5) is 11.4 Å². The summed E-state index contributed by atoms with van der Waals surface area (Å²) in [5.41, 5.74) is 10.2. The highest BCUT2D eigenvalue weighted by Crippen LogP contribution is 2.28. The second-order valence-electron chi connectivity index (χ2n) is 6.60. The van der Waals surface area contributed by atoms with Crippen LogP contribution in [0.1, 0.15) is 36.8 Å². The highest BCUT2D eigenvalue weighted by molar-refractivity contribution is 5.93. The van der Waals surface area contributed by atoms with E-state index in [-0.39, 0.29) is 36.8 Å². The predicted octanol–water partition coefficient (Wildman–Crippen LogP) is 4.41. The summed E-state index contributed by atoms with van der Waals surface area (Å²) in [5, 5.41) is 2.94. The van der Waals surface area contributed by atoms with E-state index in [4.69, 9.17) is 10.5 Å². The van der Waals surface area contributed by atoms with E-state index in [9.17, 15) is 4.79 Å². The van der Waals surface area contributed by atoms with Gasteiger partial charge in [0, 0.05) is 24.4 Å². The lowest BCUT2D eigenvalue weighted by molar-refractivity contribution is -0.116. The summed E-state index contributed by atoms with van der Waals surface area (Å²) >= 11 is 0. The van der Waals surface area contributed by atoms with Crippen LogP contribution in [-0.4, -0.2) is 22.5 Å². The summed E-state index contributed by atoms with van der Waals surface area (Å²) in [6.45, 7) is 0.787. The normalized spacial score (nSPS) is 15.6. The maximum absolute atomic E-state index is 12.2. The molecule has 3 aromatic rings. The van der Waals surface area contributed by atoms with Crippen LogP contribution in [-0.2, 0) is 16.0 Å². The van der Waals surface area contributed by atoms with Crippen LogP contribution in [0.15, 0.2) is 42.5 Å². The number of ether oxygens (including phenoxy) is 1. The molecule has 0 radical (unpaired) electrons. The molecule has 2 aromatic carbocycles. The van der Waals surface area contributed by atoms with Crippen molar-refractivity contribution in [3.8, 4) is 0 Å². The Morgan fingerprint density at radius 1 is 1.25 bits per heavy atom. The molecule has 0 saturated carbocycles. The molecule has 28 heavy (non-hydrogen) atoms. The number of H-pyrrole nitrogens is 1. The number of nitrogen functional groups attached to an aromatic ring is 1. The van der Waals surface area contributed by atoms with E-state index >= 15 is 0 Å². The molecular formula is C20H24Cl2N4O2. The van der Waals surface area contributed by atoms with E-state index in [1.165, 1.54) is 0 Å². The van der Waals surface area contributed by atoms with Gasteiger partial charge in [-0.3, -0.25) is 4.79 Å². The lowest BCUT2D eigenvalue weighted by atomic mass is 10.1. The van der Waals surface area contributed by atoms with Crippen LogP contribution >= 0.6 is 24.8 Å². The number of anilines is 2. The van der Waals surface area contributed by atoms with Crippen LogP contribution in [0, 0.1) is 0 Å². The molecule has 0 bridgehead atoms. The van der Waals surface area contributed by atoms with Crippen molar-refractivity contribution in [2.45, 2.75) is 31.8 Å². The predicted molar refractivity (Wildman–Crippen MR) is 116 cm³/mol. The number of fused-ring (bicyclic) bond motifs is 1. The van der Waals surface area contributed by atoms with Gasteiger partial charge in [-0.25, -0.2) is 4.98 Å². The minimum atomic E-state index is -0.0357. The zero-order valence-corrected chi connectivity index (χ0v) is 16.9. The van der Waals surface area contributed by atoms with Crippen molar-refractivity contribution in [2.75, 3.05) is 17.7 Å². The average molecular weight is 423 g/mol. The smallest absolute Gasteiger partial charge is 0.224 e. The number of hydrogen-bond donors (Lipinski definition) is 3. The van der Waals surface area contributed by atoms with Gasteiger partial charge in [0.2, 0.25) is 5.91 Å². The van der Waals surface area contributed by atoms with E-state index < -0.39 is 0 Å². The number of para-hydroxylation sites is 1. The Labute approximate surface area is 176 Å². The number of nitrogens with zero attached hydrogens (tertiary/aromatic N) is 1. The number of aromatic amines is 1. The molecule has 0 spiro atoms. The number of hydrogen-bond acceptors (Lipinski definition) is 4. The summed E-state index contributed by atoms with van der Waals surface area (Å²) in [7, 11) is 0. The number of carbonyl (C=O) groups excluding carboxylic acids is 1. The number of imidazole rings is 1. The first kappa shape index (κ1) is 22.0. The molecule has 1 atom stereocenters. The van der Waals surface area contributed by atoms with Crippen molar-refractivity contribution in [2.24, 2.45) is 0 Å². The average Bonchev–Trinajstić information content (AvgIpc) is 3.30. The van der Waals surface area contributed by atoms with Crippen LogP contribution in [0.5, 0.6) is 0 Å². The highest BCUT2D eigenvalue weighted by atomic mass is 35.5. The Morgan fingerprint density at radius 2 is 2.07 bits per heavy atom. The highest BCUT2D eigenvalue weighted by Gasteiger charge is 2.21. The van der Waals surface area contributed by atoms with E-state index in [2.05, 4.69) is 15.3 Å². The lowest BCUT2D eigenvalue weighted by Crippen LogP contribution is -2.12. The first-order chi connectivity index (χ1) is 12.7. The lowest BCUT2D eigenvalue weighted by Gasteiger charge is -2.07. The summed E-state index contributed by atoms with van der Waals surface area (Å²) in [6, 6.07) is 13.3. The third-order valence-electron chi connectivity index (χ3n) is 4.70. The fourth-order valence-corrected chi connectivity index (χ4v) is 3.29. The molecule has 4 rings (SSSR count). The van der Waals surface area contributed by atoms with Crippen molar-refractivity contribution in [3.05, 3.63) is 53.9 Å². The molecule has 1 aliphatic heterocycles. The Balaban J connectivity index is 0.00000140. The van der Waals surface area contributed by atoms with Gasteiger partial charge in [0.15, 0.2) is 0 Å². The van der Waals surface area contributed by atoms with Crippen molar-refractivity contribution in [3.63, 3.8) is 0 Å². The topological polar surface area (TPSA) is 93.0 Å². The molecular weight excluding hydrogens is 399 g/mol. The van der Waals surface area contributed by atoms with Crippen molar-refractivity contribution < 1.29 is 9.53 Å². The summed E-state index contributed by atoms with van der Waals surface area (Å²) in [5.74, 6) is 0.826. The van der Waals surface area contributed by atoms with E-state index in [0.717, 1.165) is 53.2 Å². The van der Waals surface area contributed by atoms with Crippen molar-refractivity contribution in [1.82, 2.24) is 9.97 Å². The van der Waals surface area contributed by atoms with Gasteiger partial charge in [0.05, 0.1) is 11.0 Å². The van der Waals surface area contributed by atoms with Gasteiger partial charge in [0.1, 0.15) is 11.9 Å². The fourth-order valence-electron chi connectivity index (χ4n) is 3.29. The summed E-state index contributed by atoms with van der Waals surface area (Å²) in [6.07, 6.45) is 3.11. The number of halogens is 2. The molecule has 1 fully saturated rings. The van der Waals surface area contributed by atoms with Crippen LogP contribution < -0.4 is 11.1 Å². The van der Waals surface area contributed by atoms with Crippen molar-refractivity contribution in [1.29, 1.82) is 0 Å². The zero-order chi connectivity index (χ0) is 17.9. The molecule has 1 aromatic heterocycles. The van der Waals surface area contributed by atoms with Gasteiger partial charge < -0.3 is 20.8 Å². The maximum Gasteiger partial charge on any atom is 0.224 e. The number of benzene rings is 2. The first-order valence-corrected chi connectivity index (χ1v) is 8.93. The Morgan fingerprint density at radius 3 is 2.82 bits per heavy atom. The molecule has 0 aliphatic carbocycles. The van der Waals surface area contributed by atoms with Gasteiger partial charge in [-0.15, -0.1) is 24.8 Å². The first-order valence-electron chi connectivity index (χ1n) is 8.93. The molecule has 8 heteroatoms. The quantitative estimate of drug-likeness (QED) is 0.530. The van der Waals surface area contributed by atoms with Crippen LogP contribution in [0.25, 0.3) is 11.0 Å². The molecule has 1 amide bonds. The Hall–Kier alpha value is -2.28. The molecule has 1 unspecified atom stereocenters. The number of amides is 1. The van der Waals surface area contributed by atoms with Crippen LogP contribution in [0.2, 0.25) is 0 Å². The van der Waals surface area contributed by atoms with Gasteiger partial charge >= 0.3 is 0 Å². The van der Waals surface area contributed by atoms with Crippen molar-refractivity contribution >= 4 is 53.1 Å². The monoisotopic (exact) mass is 422 g/mol. The third-order valence-corrected chi connectivity index (χ3v) is 4.70. The zero-order valence-electron chi connectivity index (χ0n) is 15.3. The second-order valence-corrected chi connectivity index (χ2v) is 6.60. The largest absolute Gasteiger partial charge is 0.399 e. The number of carbonyl (C=O) groups is 1. The third kappa shape index (κ3) is 4.95. The summed E-state index contributed by atoms with van der Waals surface area (Å²) < 4.78 is 5.67. The standard InChI is InChI=1S/C20H22N4O2.2ClH/c21-15-5-2-1-4-13(15)7-10-19(25)22-14-8-9-16-17(12-14)24-20(23-16)18-6-3-11-26-18;;/h1-2,4-5,8-9,12,18H,3,6-7,10-11,21H2,(H,22,25)(H,23,24);2*1H. The molecule has 1 saturated heterocycles. The molecule has 4 N–H and O–H groups in total. The van der Waals surface area contributed by atoms with E-state index in [0.29, 0.717) is 12.8 Å². The molecule has 6 nitrogen and oxygen atoms in total. The second kappa shape index (κ2) is 9.78. The number of nitrogens with one attached hydrogen (secondary N) is 2. The number of rotatable bonds is 5. The minimum Gasteiger partial charge on any atom is -0.399 e. The SMILES string of the molecule is Cl.Cl.Nc1ccccc1CCC(=O)Nc1ccc2nc(C3CCCO3)[nH]c2c1. The molecule has 2 heterocycles. The maximum atomic E-state index is 12.2. The number of aryl methyl sites for hydroxylation is 1. The minimum absolute atomic E-state index is 0. The van der Waals surface area contributed by atoms with E-state index in [1.807, 2.05) is 42.5 Å². The van der Waals surface area contributed by atoms with Gasteiger partial charge in [-0.05, 0) is 49.1 Å². The summed E-state index contributed by atoms with van der Waals surface area (Å²) in [4.78, 5) is 20.2. The van der Waals surface area contributed by atoms with Gasteiger partial charge in [-0.2, -0.15) is 0 Å². The van der Waals surface area contributed by atoms with E-state index in [1.54, 1.807) is 0 Å². The van der Waals surface area contributed by atoms with Crippen LogP contribution in [0.3, 0.4) is 0 Å². The van der Waals surface area contributed by atoms with Gasteiger partial charge in [0.25, 0.3) is 0 Å². The molecule has 1 aliphatic rings.